The lowest BCUT2D eigenvalue weighted by Gasteiger charge is -2.24. The van der Waals surface area contributed by atoms with Gasteiger partial charge in [-0.2, -0.15) is 0 Å². The van der Waals surface area contributed by atoms with E-state index in [9.17, 15) is 0 Å². The van der Waals surface area contributed by atoms with Crippen LogP contribution < -0.4 is 5.73 Å². The molecule has 0 amide bonds. The van der Waals surface area contributed by atoms with Crippen LogP contribution in [0.4, 0.5) is 5.69 Å². The molecule has 0 aromatic heterocycles. The lowest BCUT2D eigenvalue weighted by Crippen LogP contribution is -2.26. The second-order valence-electron chi connectivity index (χ2n) is 3.82. The van der Waals surface area contributed by atoms with E-state index >= 15 is 0 Å². The standard InChI is InChI=1S/C12H20N2O/c1-10(14(2)7-8-15-3)11-5-4-6-12(13)9-11/h4-6,9-10H,7-8,13H2,1-3H3. The van der Waals surface area contributed by atoms with Crippen LogP contribution in [0.25, 0.3) is 0 Å². The maximum absolute atomic E-state index is 5.75. The molecule has 3 heteroatoms. The fourth-order valence-corrected chi connectivity index (χ4v) is 1.50. The van der Waals surface area contributed by atoms with Crippen molar-refractivity contribution in [3.05, 3.63) is 29.8 Å². The Kier molecular flexibility index (Phi) is 4.59. The molecule has 0 aliphatic heterocycles. The SMILES string of the molecule is COCCN(C)C(C)c1cccc(N)c1. The van der Waals surface area contributed by atoms with Crippen LogP contribution in [-0.4, -0.2) is 32.2 Å². The van der Waals surface area contributed by atoms with Gasteiger partial charge in [-0.05, 0) is 31.7 Å². The van der Waals surface area contributed by atoms with Crippen LogP contribution in [0.15, 0.2) is 24.3 Å². The Morgan fingerprint density at radius 1 is 1.47 bits per heavy atom. The average Bonchev–Trinajstić information content (AvgIpc) is 2.24. The molecule has 0 bridgehead atoms. The lowest BCUT2D eigenvalue weighted by molar-refractivity contribution is 0.143. The number of hydrogen-bond acceptors (Lipinski definition) is 3. The highest BCUT2D eigenvalue weighted by molar-refractivity contribution is 5.41. The Hall–Kier alpha value is -1.06. The molecule has 1 aromatic rings. The summed E-state index contributed by atoms with van der Waals surface area (Å²) in [5.41, 5.74) is 7.82. The quantitative estimate of drug-likeness (QED) is 0.751. The first-order valence-electron chi connectivity index (χ1n) is 5.19. The van der Waals surface area contributed by atoms with Gasteiger partial charge in [0.15, 0.2) is 0 Å². The van der Waals surface area contributed by atoms with E-state index in [4.69, 9.17) is 10.5 Å². The molecule has 0 radical (unpaired) electrons. The summed E-state index contributed by atoms with van der Waals surface area (Å²) in [7, 11) is 3.81. The molecule has 0 aliphatic carbocycles. The minimum absolute atomic E-state index is 0.364. The van der Waals surface area contributed by atoms with Crippen molar-refractivity contribution in [1.82, 2.24) is 4.90 Å². The Balaban J connectivity index is 2.62. The van der Waals surface area contributed by atoms with Crippen molar-refractivity contribution in [1.29, 1.82) is 0 Å². The van der Waals surface area contributed by atoms with Gasteiger partial charge in [-0.1, -0.05) is 12.1 Å². The summed E-state index contributed by atoms with van der Waals surface area (Å²) in [5.74, 6) is 0. The summed E-state index contributed by atoms with van der Waals surface area (Å²) in [6.07, 6.45) is 0. The maximum Gasteiger partial charge on any atom is 0.0589 e. The van der Waals surface area contributed by atoms with Crippen LogP contribution in [0.3, 0.4) is 0 Å². The van der Waals surface area contributed by atoms with Gasteiger partial charge in [-0.15, -0.1) is 0 Å². The molecule has 0 aliphatic rings. The zero-order chi connectivity index (χ0) is 11.3. The van der Waals surface area contributed by atoms with Gasteiger partial charge in [-0.3, -0.25) is 4.90 Å². The number of methoxy groups -OCH3 is 1. The number of nitrogens with zero attached hydrogens (tertiary/aromatic N) is 1. The second-order valence-corrected chi connectivity index (χ2v) is 3.82. The second kappa shape index (κ2) is 5.73. The Morgan fingerprint density at radius 3 is 2.80 bits per heavy atom. The van der Waals surface area contributed by atoms with E-state index in [2.05, 4.69) is 24.9 Å². The van der Waals surface area contributed by atoms with Gasteiger partial charge in [-0.25, -0.2) is 0 Å². The molecule has 15 heavy (non-hydrogen) atoms. The highest BCUT2D eigenvalue weighted by atomic mass is 16.5. The normalized spacial score (nSPS) is 13.1. The summed E-state index contributed by atoms with van der Waals surface area (Å²) in [5, 5.41) is 0. The summed E-state index contributed by atoms with van der Waals surface area (Å²) in [6, 6.07) is 8.39. The van der Waals surface area contributed by atoms with Gasteiger partial charge in [0.05, 0.1) is 6.61 Å². The van der Waals surface area contributed by atoms with Crippen molar-refractivity contribution >= 4 is 5.69 Å². The number of benzene rings is 1. The molecule has 1 unspecified atom stereocenters. The molecular formula is C12H20N2O. The molecule has 0 spiro atoms. The molecule has 3 nitrogen and oxygen atoms in total. The number of nitrogen functional groups attached to an aromatic ring is 1. The molecule has 0 saturated heterocycles. The van der Waals surface area contributed by atoms with Gasteiger partial charge in [0.1, 0.15) is 0 Å². The highest BCUT2D eigenvalue weighted by Crippen LogP contribution is 2.20. The van der Waals surface area contributed by atoms with Crippen LogP contribution >= 0.6 is 0 Å². The fraction of sp³-hybridized carbons (Fsp3) is 0.500. The lowest BCUT2D eigenvalue weighted by atomic mass is 10.1. The third-order valence-electron chi connectivity index (χ3n) is 2.70. The molecular weight excluding hydrogens is 188 g/mol. The van der Waals surface area contributed by atoms with Crippen LogP contribution in [0, 0.1) is 0 Å². The number of ether oxygens (including phenoxy) is 1. The van der Waals surface area contributed by atoms with E-state index in [1.54, 1.807) is 7.11 Å². The molecule has 0 fully saturated rings. The summed E-state index contributed by atoms with van der Waals surface area (Å²) in [4.78, 5) is 2.25. The summed E-state index contributed by atoms with van der Waals surface area (Å²) < 4.78 is 5.06. The predicted molar refractivity (Wildman–Crippen MR) is 63.8 cm³/mol. The molecule has 1 rings (SSSR count). The monoisotopic (exact) mass is 208 g/mol. The number of likely N-dealkylation sites (N-methyl/N-ethyl adjacent to an activating group) is 1. The molecule has 1 aromatic carbocycles. The zero-order valence-corrected chi connectivity index (χ0v) is 9.73. The first kappa shape index (κ1) is 12.0. The molecule has 84 valence electrons. The van der Waals surface area contributed by atoms with Crippen molar-refractivity contribution in [2.24, 2.45) is 0 Å². The first-order valence-corrected chi connectivity index (χ1v) is 5.19. The average molecular weight is 208 g/mol. The first-order chi connectivity index (χ1) is 7.15. The van der Waals surface area contributed by atoms with Gasteiger partial charge < -0.3 is 10.5 Å². The number of rotatable bonds is 5. The van der Waals surface area contributed by atoms with E-state index in [0.717, 1.165) is 18.8 Å². The smallest absolute Gasteiger partial charge is 0.0589 e. The van der Waals surface area contributed by atoms with Crippen LogP contribution in [0.5, 0.6) is 0 Å². The highest BCUT2D eigenvalue weighted by Gasteiger charge is 2.10. The van der Waals surface area contributed by atoms with Crippen molar-refractivity contribution in [2.75, 3.05) is 33.0 Å². The van der Waals surface area contributed by atoms with Crippen molar-refractivity contribution in [3.63, 3.8) is 0 Å². The van der Waals surface area contributed by atoms with Crippen LogP contribution in [-0.2, 0) is 4.74 Å². The summed E-state index contributed by atoms with van der Waals surface area (Å²) in [6.45, 7) is 3.85. The van der Waals surface area contributed by atoms with Gasteiger partial charge in [0, 0.05) is 25.4 Å². The summed E-state index contributed by atoms with van der Waals surface area (Å²) >= 11 is 0. The maximum atomic E-state index is 5.75. The Labute approximate surface area is 91.8 Å². The number of nitrogens with two attached hydrogens (primary N) is 1. The van der Waals surface area contributed by atoms with Crippen molar-refractivity contribution in [2.45, 2.75) is 13.0 Å². The molecule has 0 heterocycles. The van der Waals surface area contributed by atoms with E-state index in [-0.39, 0.29) is 0 Å². The molecule has 0 saturated carbocycles. The van der Waals surface area contributed by atoms with Crippen LogP contribution in [0.2, 0.25) is 0 Å². The zero-order valence-electron chi connectivity index (χ0n) is 9.73. The van der Waals surface area contributed by atoms with E-state index in [0.29, 0.717) is 6.04 Å². The largest absolute Gasteiger partial charge is 0.399 e. The van der Waals surface area contributed by atoms with Gasteiger partial charge in [0.2, 0.25) is 0 Å². The van der Waals surface area contributed by atoms with Gasteiger partial charge >= 0.3 is 0 Å². The number of hydrogen-bond donors (Lipinski definition) is 1. The van der Waals surface area contributed by atoms with Crippen molar-refractivity contribution < 1.29 is 4.74 Å². The molecule has 2 N–H and O–H groups in total. The minimum Gasteiger partial charge on any atom is -0.399 e. The third kappa shape index (κ3) is 3.53. The van der Waals surface area contributed by atoms with Crippen molar-refractivity contribution in [3.8, 4) is 0 Å². The van der Waals surface area contributed by atoms with Gasteiger partial charge in [0.25, 0.3) is 0 Å². The van der Waals surface area contributed by atoms with E-state index in [1.165, 1.54) is 5.56 Å². The Morgan fingerprint density at radius 2 is 2.20 bits per heavy atom. The fourth-order valence-electron chi connectivity index (χ4n) is 1.50. The Bertz CT molecular complexity index is 301. The van der Waals surface area contributed by atoms with Crippen LogP contribution in [0.1, 0.15) is 18.5 Å². The topological polar surface area (TPSA) is 38.5 Å². The predicted octanol–water partition coefficient (Wildman–Crippen LogP) is 1.91. The number of anilines is 1. The van der Waals surface area contributed by atoms with E-state index < -0.39 is 0 Å². The minimum atomic E-state index is 0.364. The third-order valence-corrected chi connectivity index (χ3v) is 2.70. The molecule has 1 atom stereocenters. The van der Waals surface area contributed by atoms with E-state index in [1.807, 2.05) is 18.2 Å².